The fraction of sp³-hybridized carbons (Fsp3) is 0.929. The van der Waals surface area contributed by atoms with Crippen LogP contribution in [0, 0.1) is 5.41 Å². The molecule has 1 amide bonds. The molecule has 0 spiro atoms. The van der Waals surface area contributed by atoms with E-state index in [1.54, 1.807) is 0 Å². The third-order valence-corrected chi connectivity index (χ3v) is 4.39. The molecule has 0 bridgehead atoms. The van der Waals surface area contributed by atoms with E-state index >= 15 is 0 Å². The zero-order valence-corrected chi connectivity index (χ0v) is 12.3. The first-order valence-corrected chi connectivity index (χ1v) is 7.07. The highest BCUT2D eigenvalue weighted by Gasteiger charge is 2.47. The summed E-state index contributed by atoms with van der Waals surface area (Å²) < 4.78 is 0. The normalized spacial score (nSPS) is 27.7. The van der Waals surface area contributed by atoms with E-state index in [2.05, 4.69) is 24.5 Å². The Morgan fingerprint density at radius 2 is 1.94 bits per heavy atom. The molecule has 0 aromatic rings. The van der Waals surface area contributed by atoms with Gasteiger partial charge in [0.2, 0.25) is 5.91 Å². The molecule has 0 saturated heterocycles. The number of hydrogen-bond acceptors (Lipinski definition) is 3. The summed E-state index contributed by atoms with van der Waals surface area (Å²) in [4.78, 5) is 12.0. The second-order valence-corrected chi connectivity index (χ2v) is 6.04. The van der Waals surface area contributed by atoms with Crippen molar-refractivity contribution in [3.63, 3.8) is 0 Å². The van der Waals surface area contributed by atoms with Gasteiger partial charge in [-0.05, 0) is 26.2 Å². The Morgan fingerprint density at radius 3 is 2.33 bits per heavy atom. The monoisotopic (exact) mass is 256 g/mol. The first-order valence-electron chi connectivity index (χ1n) is 7.07. The summed E-state index contributed by atoms with van der Waals surface area (Å²) in [5.74, 6) is 0.0564. The summed E-state index contributed by atoms with van der Waals surface area (Å²) in [5.41, 5.74) is -0.135. The van der Waals surface area contributed by atoms with Gasteiger partial charge in [-0.2, -0.15) is 0 Å². The van der Waals surface area contributed by atoms with Crippen LogP contribution in [0.1, 0.15) is 53.9 Å². The molecule has 3 unspecified atom stereocenters. The van der Waals surface area contributed by atoms with Crippen LogP contribution in [-0.2, 0) is 4.79 Å². The molecule has 18 heavy (non-hydrogen) atoms. The van der Waals surface area contributed by atoms with E-state index in [9.17, 15) is 9.90 Å². The molecule has 0 aromatic carbocycles. The summed E-state index contributed by atoms with van der Waals surface area (Å²) in [6.07, 6.45) is 2.39. The van der Waals surface area contributed by atoms with Gasteiger partial charge in [0.15, 0.2) is 0 Å². The number of aliphatic hydroxyl groups excluding tert-OH is 1. The lowest BCUT2D eigenvalue weighted by atomic mass is 9.64. The van der Waals surface area contributed by atoms with Gasteiger partial charge in [-0.15, -0.1) is 0 Å². The molecule has 3 atom stereocenters. The average Bonchev–Trinajstić information content (AvgIpc) is 2.34. The van der Waals surface area contributed by atoms with Crippen molar-refractivity contribution in [2.45, 2.75) is 78.1 Å². The molecule has 3 N–H and O–H groups in total. The maximum absolute atomic E-state index is 12.0. The van der Waals surface area contributed by atoms with Crippen molar-refractivity contribution in [1.29, 1.82) is 0 Å². The Balaban J connectivity index is 2.41. The van der Waals surface area contributed by atoms with Crippen molar-refractivity contribution in [3.05, 3.63) is 0 Å². The third-order valence-electron chi connectivity index (χ3n) is 4.39. The fourth-order valence-electron chi connectivity index (χ4n) is 2.38. The van der Waals surface area contributed by atoms with Crippen LogP contribution in [0.2, 0.25) is 0 Å². The molecular weight excluding hydrogens is 228 g/mol. The second kappa shape index (κ2) is 6.02. The summed E-state index contributed by atoms with van der Waals surface area (Å²) >= 11 is 0. The van der Waals surface area contributed by atoms with Crippen molar-refractivity contribution >= 4 is 5.91 Å². The lowest BCUT2D eigenvalue weighted by molar-refractivity contribution is -0.126. The standard InChI is InChI=1S/C14H28N2O2/c1-6-10(7-2)16-13(18)9(3)15-11-8-12(17)14(11,4)5/h9-12,15,17H,6-8H2,1-5H3,(H,16,18). The number of aliphatic hydroxyl groups is 1. The van der Waals surface area contributed by atoms with Crippen molar-refractivity contribution in [3.8, 4) is 0 Å². The van der Waals surface area contributed by atoms with Crippen LogP contribution in [0.25, 0.3) is 0 Å². The van der Waals surface area contributed by atoms with Gasteiger partial charge < -0.3 is 15.7 Å². The molecule has 0 heterocycles. The topological polar surface area (TPSA) is 61.4 Å². The summed E-state index contributed by atoms with van der Waals surface area (Å²) in [7, 11) is 0. The van der Waals surface area contributed by atoms with Crippen LogP contribution >= 0.6 is 0 Å². The molecule has 1 aliphatic rings. The Labute approximate surface area is 111 Å². The average molecular weight is 256 g/mol. The SMILES string of the molecule is CCC(CC)NC(=O)C(C)NC1CC(O)C1(C)C. The predicted molar refractivity (Wildman–Crippen MR) is 73.3 cm³/mol. The van der Waals surface area contributed by atoms with E-state index in [1.165, 1.54) is 0 Å². The summed E-state index contributed by atoms with van der Waals surface area (Å²) in [6.45, 7) is 10.1. The van der Waals surface area contributed by atoms with Gasteiger partial charge in [-0.1, -0.05) is 27.7 Å². The molecule has 1 saturated carbocycles. The fourth-order valence-corrected chi connectivity index (χ4v) is 2.38. The first-order chi connectivity index (χ1) is 8.32. The Bertz CT molecular complexity index is 288. The van der Waals surface area contributed by atoms with E-state index in [4.69, 9.17) is 0 Å². The molecule has 1 fully saturated rings. The van der Waals surface area contributed by atoms with Gasteiger partial charge in [0.05, 0.1) is 12.1 Å². The van der Waals surface area contributed by atoms with E-state index < -0.39 is 0 Å². The summed E-state index contributed by atoms with van der Waals surface area (Å²) in [6, 6.07) is 0.277. The first kappa shape index (κ1) is 15.4. The molecular formula is C14H28N2O2. The minimum Gasteiger partial charge on any atom is -0.392 e. The molecule has 0 radical (unpaired) electrons. The maximum atomic E-state index is 12.0. The van der Waals surface area contributed by atoms with E-state index in [0.717, 1.165) is 19.3 Å². The second-order valence-electron chi connectivity index (χ2n) is 6.04. The largest absolute Gasteiger partial charge is 0.392 e. The number of carbonyl (C=O) groups excluding carboxylic acids is 1. The zero-order chi connectivity index (χ0) is 13.9. The van der Waals surface area contributed by atoms with Crippen molar-refractivity contribution in [1.82, 2.24) is 10.6 Å². The number of rotatable bonds is 6. The molecule has 0 aliphatic heterocycles. The van der Waals surface area contributed by atoms with Gasteiger partial charge >= 0.3 is 0 Å². The Kier molecular flexibility index (Phi) is 5.17. The van der Waals surface area contributed by atoms with Crippen LogP contribution in [0.3, 0.4) is 0 Å². The van der Waals surface area contributed by atoms with Crippen LogP contribution < -0.4 is 10.6 Å². The van der Waals surface area contributed by atoms with Crippen molar-refractivity contribution in [2.24, 2.45) is 5.41 Å². The highest BCUT2D eigenvalue weighted by Crippen LogP contribution is 2.40. The molecule has 4 heteroatoms. The van der Waals surface area contributed by atoms with Crippen LogP contribution in [0.4, 0.5) is 0 Å². The number of hydrogen-bond donors (Lipinski definition) is 3. The van der Waals surface area contributed by atoms with Gasteiger partial charge in [-0.3, -0.25) is 4.79 Å². The number of amides is 1. The highest BCUT2D eigenvalue weighted by atomic mass is 16.3. The minimum atomic E-state index is -0.260. The van der Waals surface area contributed by atoms with Crippen molar-refractivity contribution < 1.29 is 9.90 Å². The molecule has 106 valence electrons. The van der Waals surface area contributed by atoms with Crippen LogP contribution in [0.5, 0.6) is 0 Å². The van der Waals surface area contributed by atoms with E-state index in [1.807, 2.05) is 20.8 Å². The molecule has 1 rings (SSSR count). The summed E-state index contributed by atoms with van der Waals surface area (Å²) in [5, 5.41) is 16.0. The zero-order valence-electron chi connectivity index (χ0n) is 12.3. The maximum Gasteiger partial charge on any atom is 0.237 e. The van der Waals surface area contributed by atoms with E-state index in [-0.39, 0.29) is 35.6 Å². The lowest BCUT2D eigenvalue weighted by Crippen LogP contribution is -2.63. The number of nitrogens with one attached hydrogen (secondary N) is 2. The smallest absolute Gasteiger partial charge is 0.237 e. The highest BCUT2D eigenvalue weighted by molar-refractivity contribution is 5.81. The third kappa shape index (κ3) is 3.23. The number of carbonyl (C=O) groups is 1. The van der Waals surface area contributed by atoms with Crippen LogP contribution in [0.15, 0.2) is 0 Å². The van der Waals surface area contributed by atoms with E-state index in [0.29, 0.717) is 0 Å². The Morgan fingerprint density at radius 1 is 1.39 bits per heavy atom. The molecule has 1 aliphatic carbocycles. The van der Waals surface area contributed by atoms with Crippen LogP contribution in [-0.4, -0.2) is 35.2 Å². The van der Waals surface area contributed by atoms with Gasteiger partial charge in [0, 0.05) is 17.5 Å². The minimum absolute atomic E-state index is 0.0564. The predicted octanol–water partition coefficient (Wildman–Crippen LogP) is 1.43. The van der Waals surface area contributed by atoms with Gasteiger partial charge in [0.1, 0.15) is 0 Å². The van der Waals surface area contributed by atoms with Crippen molar-refractivity contribution in [2.75, 3.05) is 0 Å². The van der Waals surface area contributed by atoms with Gasteiger partial charge in [0.25, 0.3) is 0 Å². The lowest BCUT2D eigenvalue weighted by Gasteiger charge is -2.50. The molecule has 0 aromatic heterocycles. The molecule has 4 nitrogen and oxygen atoms in total. The van der Waals surface area contributed by atoms with Gasteiger partial charge in [-0.25, -0.2) is 0 Å². The Hall–Kier alpha value is -0.610. The quantitative estimate of drug-likeness (QED) is 0.674.